The largest absolute Gasteiger partial charge is 0.307 e. The predicted octanol–water partition coefficient (Wildman–Crippen LogP) is 6.61. The van der Waals surface area contributed by atoms with Gasteiger partial charge >= 0.3 is 0 Å². The number of para-hydroxylation sites is 3. The molecule has 8 rings (SSSR count). The number of hydrogen-bond acceptors (Lipinski definition) is 4. The quantitative estimate of drug-likeness (QED) is 0.290. The standard InChI is InChI=1S/C30H18N6/c1-2-9-19(10-3-1)35-23-13-6-5-12-21(23)26-27-22(17-31-18-34-27)25-20-11-4-7-14-24(20)36(28(25)29(26)35)30-32-15-8-16-33-30/h1-18H. The zero-order valence-corrected chi connectivity index (χ0v) is 19.1. The number of hydrogen-bond donors (Lipinski definition) is 0. The number of rotatable bonds is 2. The van der Waals surface area contributed by atoms with Gasteiger partial charge in [0.05, 0.1) is 27.6 Å². The molecule has 0 radical (unpaired) electrons. The maximum atomic E-state index is 4.84. The van der Waals surface area contributed by atoms with Crippen LogP contribution in [0.15, 0.2) is 110 Å². The molecule has 0 unspecified atom stereocenters. The SMILES string of the molecule is c1ccc(-n2c3ccccc3c3c4ncncc4c4c5ccccc5n(-c5ncccn5)c4c32)cc1. The lowest BCUT2D eigenvalue weighted by Crippen LogP contribution is -2.02. The third-order valence-electron chi connectivity index (χ3n) is 6.96. The van der Waals surface area contributed by atoms with E-state index < -0.39 is 0 Å². The molecule has 0 saturated carbocycles. The van der Waals surface area contributed by atoms with Gasteiger partial charge < -0.3 is 4.57 Å². The minimum atomic E-state index is 0.631. The summed E-state index contributed by atoms with van der Waals surface area (Å²) < 4.78 is 4.52. The molecule has 0 bridgehead atoms. The van der Waals surface area contributed by atoms with Gasteiger partial charge in [0.1, 0.15) is 6.33 Å². The highest BCUT2D eigenvalue weighted by atomic mass is 15.2. The lowest BCUT2D eigenvalue weighted by Gasteiger charge is -2.12. The molecule has 4 heterocycles. The first-order valence-corrected chi connectivity index (χ1v) is 11.8. The van der Waals surface area contributed by atoms with Crippen molar-refractivity contribution in [1.29, 1.82) is 0 Å². The molecular weight excluding hydrogens is 444 g/mol. The molecule has 6 heteroatoms. The maximum absolute atomic E-state index is 4.84. The monoisotopic (exact) mass is 462 g/mol. The lowest BCUT2D eigenvalue weighted by molar-refractivity contribution is 0.988. The van der Waals surface area contributed by atoms with E-state index in [9.17, 15) is 0 Å². The molecule has 0 saturated heterocycles. The van der Waals surface area contributed by atoms with Gasteiger partial charge in [-0.25, -0.2) is 19.9 Å². The van der Waals surface area contributed by atoms with E-state index in [1.54, 1.807) is 18.7 Å². The zero-order valence-electron chi connectivity index (χ0n) is 19.1. The van der Waals surface area contributed by atoms with Crippen LogP contribution in [0.4, 0.5) is 0 Å². The Morgan fingerprint density at radius 1 is 0.528 bits per heavy atom. The van der Waals surface area contributed by atoms with Crippen LogP contribution in [0.25, 0.3) is 66.2 Å². The number of aromatic nitrogens is 6. The summed E-state index contributed by atoms with van der Waals surface area (Å²) in [5, 5.41) is 5.47. The molecule has 0 aliphatic carbocycles. The van der Waals surface area contributed by atoms with E-state index in [4.69, 9.17) is 4.98 Å². The molecule has 0 spiro atoms. The van der Waals surface area contributed by atoms with Crippen molar-refractivity contribution in [2.24, 2.45) is 0 Å². The summed E-state index contributed by atoms with van der Waals surface area (Å²) in [6, 6.07) is 29.3. The highest BCUT2D eigenvalue weighted by Gasteiger charge is 2.25. The van der Waals surface area contributed by atoms with Gasteiger partial charge in [0.15, 0.2) is 0 Å². The third kappa shape index (κ3) is 2.45. The van der Waals surface area contributed by atoms with Crippen LogP contribution < -0.4 is 0 Å². The predicted molar refractivity (Wildman–Crippen MR) is 144 cm³/mol. The zero-order chi connectivity index (χ0) is 23.6. The molecule has 0 amide bonds. The molecule has 0 N–H and O–H groups in total. The Kier molecular flexibility index (Phi) is 3.85. The van der Waals surface area contributed by atoms with Crippen molar-refractivity contribution >= 4 is 54.5 Å². The second-order valence-corrected chi connectivity index (χ2v) is 8.82. The third-order valence-corrected chi connectivity index (χ3v) is 6.96. The molecule has 8 aromatic rings. The normalized spacial score (nSPS) is 11.9. The van der Waals surface area contributed by atoms with Crippen LogP contribution in [0.2, 0.25) is 0 Å². The topological polar surface area (TPSA) is 61.4 Å². The molecule has 4 aromatic heterocycles. The Morgan fingerprint density at radius 2 is 1.17 bits per heavy atom. The minimum absolute atomic E-state index is 0.631. The van der Waals surface area contributed by atoms with Crippen LogP contribution in [-0.2, 0) is 0 Å². The Labute approximate surface area is 205 Å². The van der Waals surface area contributed by atoms with E-state index >= 15 is 0 Å². The summed E-state index contributed by atoms with van der Waals surface area (Å²) >= 11 is 0. The first-order valence-electron chi connectivity index (χ1n) is 11.8. The molecule has 0 aliphatic rings. The van der Waals surface area contributed by atoms with Crippen molar-refractivity contribution in [1.82, 2.24) is 29.1 Å². The summed E-state index contributed by atoms with van der Waals surface area (Å²) in [6.07, 6.45) is 7.15. The van der Waals surface area contributed by atoms with Crippen LogP contribution in [0.1, 0.15) is 0 Å². The molecule has 0 atom stereocenters. The Morgan fingerprint density at radius 3 is 1.94 bits per heavy atom. The summed E-state index contributed by atoms with van der Waals surface area (Å²) in [6.45, 7) is 0. The first-order chi connectivity index (χ1) is 17.9. The fourth-order valence-corrected chi connectivity index (χ4v) is 5.61. The van der Waals surface area contributed by atoms with E-state index in [0.29, 0.717) is 5.95 Å². The van der Waals surface area contributed by atoms with Crippen LogP contribution in [0.3, 0.4) is 0 Å². The summed E-state index contributed by atoms with van der Waals surface area (Å²) in [4.78, 5) is 18.6. The smallest absolute Gasteiger partial charge is 0.234 e. The number of fused-ring (bicyclic) bond motifs is 10. The van der Waals surface area contributed by atoms with Crippen LogP contribution >= 0.6 is 0 Å². The van der Waals surface area contributed by atoms with Crippen LogP contribution in [0.5, 0.6) is 0 Å². The average Bonchev–Trinajstić information content (AvgIpc) is 3.48. The molecule has 0 fully saturated rings. The van der Waals surface area contributed by atoms with E-state index in [1.165, 1.54) is 0 Å². The fourth-order valence-electron chi connectivity index (χ4n) is 5.61. The van der Waals surface area contributed by atoms with Crippen molar-refractivity contribution < 1.29 is 0 Å². The molecule has 0 aliphatic heterocycles. The number of benzene rings is 4. The van der Waals surface area contributed by atoms with Crippen molar-refractivity contribution in [3.63, 3.8) is 0 Å². The maximum Gasteiger partial charge on any atom is 0.234 e. The van der Waals surface area contributed by atoms with Gasteiger partial charge in [-0.15, -0.1) is 0 Å². The highest BCUT2D eigenvalue weighted by molar-refractivity contribution is 6.35. The van der Waals surface area contributed by atoms with Crippen molar-refractivity contribution in [2.45, 2.75) is 0 Å². The van der Waals surface area contributed by atoms with E-state index in [0.717, 1.165) is 60.2 Å². The molecule has 4 aromatic carbocycles. The van der Waals surface area contributed by atoms with Gasteiger partial charge in [0.25, 0.3) is 0 Å². The molecule has 168 valence electrons. The molecule has 36 heavy (non-hydrogen) atoms. The minimum Gasteiger partial charge on any atom is -0.307 e. The number of nitrogens with zero attached hydrogens (tertiary/aromatic N) is 6. The van der Waals surface area contributed by atoms with Crippen molar-refractivity contribution in [3.05, 3.63) is 110 Å². The van der Waals surface area contributed by atoms with Gasteiger partial charge in [0.2, 0.25) is 5.95 Å². The van der Waals surface area contributed by atoms with E-state index in [-0.39, 0.29) is 0 Å². The summed E-state index contributed by atoms with van der Waals surface area (Å²) in [7, 11) is 0. The van der Waals surface area contributed by atoms with Crippen LogP contribution in [0, 0.1) is 0 Å². The summed E-state index contributed by atoms with van der Waals surface area (Å²) in [5.74, 6) is 0.631. The lowest BCUT2D eigenvalue weighted by atomic mass is 10.0. The molecule has 6 nitrogen and oxygen atoms in total. The second-order valence-electron chi connectivity index (χ2n) is 8.82. The Bertz CT molecular complexity index is 1940. The Balaban J connectivity index is 1.79. The van der Waals surface area contributed by atoms with Gasteiger partial charge in [-0.2, -0.15) is 0 Å². The highest BCUT2D eigenvalue weighted by Crippen LogP contribution is 2.45. The fraction of sp³-hybridized carbons (Fsp3) is 0. The van der Waals surface area contributed by atoms with Gasteiger partial charge in [-0.05, 0) is 30.3 Å². The average molecular weight is 463 g/mol. The van der Waals surface area contributed by atoms with Crippen LogP contribution in [-0.4, -0.2) is 29.1 Å². The van der Waals surface area contributed by atoms with Gasteiger partial charge in [0, 0.05) is 51.2 Å². The Hall–Kier alpha value is -5.10. The molecular formula is C30H18N6. The summed E-state index contributed by atoms with van der Waals surface area (Å²) in [5.41, 5.74) is 6.31. The van der Waals surface area contributed by atoms with Gasteiger partial charge in [-0.1, -0.05) is 54.6 Å². The van der Waals surface area contributed by atoms with Crippen molar-refractivity contribution in [2.75, 3.05) is 0 Å². The first kappa shape index (κ1) is 19.2. The van der Waals surface area contributed by atoms with E-state index in [2.05, 4.69) is 96.9 Å². The van der Waals surface area contributed by atoms with E-state index in [1.807, 2.05) is 18.3 Å². The van der Waals surface area contributed by atoms with Crippen molar-refractivity contribution in [3.8, 4) is 11.6 Å². The van der Waals surface area contributed by atoms with Gasteiger partial charge in [-0.3, -0.25) is 4.57 Å². The second kappa shape index (κ2) is 7.20.